The van der Waals surface area contributed by atoms with E-state index in [9.17, 15) is 5.11 Å². The molecule has 2 nitrogen and oxygen atoms in total. The van der Waals surface area contributed by atoms with E-state index in [1.54, 1.807) is 0 Å². The van der Waals surface area contributed by atoms with Gasteiger partial charge in [-0.3, -0.25) is 0 Å². The Morgan fingerprint density at radius 2 is 2.23 bits per heavy atom. The van der Waals surface area contributed by atoms with Crippen LogP contribution in [0.15, 0.2) is 18.2 Å². The first-order valence-electron chi connectivity index (χ1n) is 3.96. The van der Waals surface area contributed by atoms with Crippen LogP contribution in [0.3, 0.4) is 0 Å². The Kier molecular flexibility index (Phi) is 3.42. The normalized spacial score (nSPS) is 19.7. The van der Waals surface area contributed by atoms with Crippen LogP contribution in [0.1, 0.15) is 5.56 Å². The van der Waals surface area contributed by atoms with E-state index < -0.39 is 0 Å². The van der Waals surface area contributed by atoms with Gasteiger partial charge in [0.05, 0.1) is 6.10 Å². The number of anilines is 1. The first-order chi connectivity index (χ1) is 5.75. The first kappa shape index (κ1) is 10.6. The average molecular weight is 220 g/mol. The molecule has 0 saturated heterocycles. The quantitative estimate of drug-likeness (QED) is 0.701. The largest absolute Gasteiger partial charge is 0.391 e. The number of halogens is 2. The molecule has 4 heteroatoms. The minimum absolute atomic E-state index is 0. The zero-order valence-electron chi connectivity index (χ0n) is 6.96. The molecule has 13 heavy (non-hydrogen) atoms. The van der Waals surface area contributed by atoms with Crippen LogP contribution in [-0.2, 0) is 6.42 Å². The monoisotopic (exact) mass is 219 g/mol. The molecule has 1 atom stereocenters. The number of fused-ring (bicyclic) bond motifs is 1. The van der Waals surface area contributed by atoms with Gasteiger partial charge < -0.3 is 10.4 Å². The van der Waals surface area contributed by atoms with Crippen molar-refractivity contribution in [1.82, 2.24) is 0 Å². The number of β-amino-alcohol motifs (C(OH)–C–C–N with tert-alkyl or cyclic N) is 1. The van der Waals surface area contributed by atoms with Crippen molar-refractivity contribution in [2.45, 2.75) is 12.5 Å². The van der Waals surface area contributed by atoms with Gasteiger partial charge in [0, 0.05) is 23.7 Å². The van der Waals surface area contributed by atoms with E-state index >= 15 is 0 Å². The lowest BCUT2D eigenvalue weighted by molar-refractivity contribution is 0.184. The van der Waals surface area contributed by atoms with Gasteiger partial charge in [0.25, 0.3) is 0 Å². The number of aliphatic hydroxyl groups excluding tert-OH is 1. The van der Waals surface area contributed by atoms with Crippen molar-refractivity contribution < 1.29 is 5.11 Å². The van der Waals surface area contributed by atoms with Gasteiger partial charge in [-0.1, -0.05) is 17.7 Å². The summed E-state index contributed by atoms with van der Waals surface area (Å²) < 4.78 is 0. The van der Waals surface area contributed by atoms with Crippen LogP contribution in [0.4, 0.5) is 5.69 Å². The Hall–Kier alpha value is -0.440. The van der Waals surface area contributed by atoms with E-state index in [1.165, 1.54) is 0 Å². The Labute approximate surface area is 88.3 Å². The molecule has 1 heterocycles. The number of benzene rings is 1. The first-order valence-corrected chi connectivity index (χ1v) is 4.34. The molecule has 1 aromatic rings. The summed E-state index contributed by atoms with van der Waals surface area (Å²) in [5.74, 6) is 0. The SMILES string of the molecule is Cl.OC1CNc2cc(Cl)ccc2C1. The molecule has 0 aromatic heterocycles. The van der Waals surface area contributed by atoms with Crippen molar-refractivity contribution in [3.05, 3.63) is 28.8 Å². The zero-order chi connectivity index (χ0) is 8.55. The summed E-state index contributed by atoms with van der Waals surface area (Å²) in [5, 5.41) is 13.2. The van der Waals surface area contributed by atoms with E-state index in [1.807, 2.05) is 18.2 Å². The van der Waals surface area contributed by atoms with Crippen LogP contribution in [0, 0.1) is 0 Å². The summed E-state index contributed by atoms with van der Waals surface area (Å²) in [6, 6.07) is 5.69. The molecule has 1 aliphatic rings. The third-order valence-corrected chi connectivity index (χ3v) is 2.29. The second-order valence-corrected chi connectivity index (χ2v) is 3.48. The summed E-state index contributed by atoms with van der Waals surface area (Å²) in [7, 11) is 0. The van der Waals surface area contributed by atoms with Crippen molar-refractivity contribution in [1.29, 1.82) is 0 Å². The van der Waals surface area contributed by atoms with Crippen LogP contribution in [0.5, 0.6) is 0 Å². The number of aliphatic hydroxyl groups is 1. The smallest absolute Gasteiger partial charge is 0.0753 e. The van der Waals surface area contributed by atoms with E-state index in [2.05, 4.69) is 5.32 Å². The fourth-order valence-electron chi connectivity index (χ4n) is 1.45. The van der Waals surface area contributed by atoms with E-state index in [-0.39, 0.29) is 18.5 Å². The van der Waals surface area contributed by atoms with Gasteiger partial charge in [0.2, 0.25) is 0 Å². The third-order valence-electron chi connectivity index (χ3n) is 2.06. The average Bonchev–Trinajstić information content (AvgIpc) is 2.05. The van der Waals surface area contributed by atoms with Gasteiger partial charge in [-0.15, -0.1) is 12.4 Å². The van der Waals surface area contributed by atoms with Crippen LogP contribution in [-0.4, -0.2) is 17.8 Å². The van der Waals surface area contributed by atoms with E-state index in [0.29, 0.717) is 6.54 Å². The van der Waals surface area contributed by atoms with Gasteiger partial charge in [-0.05, 0) is 17.7 Å². The highest BCUT2D eigenvalue weighted by Crippen LogP contribution is 2.25. The molecular formula is C9H11Cl2NO. The Morgan fingerprint density at radius 3 is 3.00 bits per heavy atom. The zero-order valence-corrected chi connectivity index (χ0v) is 8.53. The highest BCUT2D eigenvalue weighted by Gasteiger charge is 2.15. The minimum Gasteiger partial charge on any atom is -0.391 e. The highest BCUT2D eigenvalue weighted by atomic mass is 35.5. The summed E-state index contributed by atoms with van der Waals surface area (Å²) in [5.41, 5.74) is 2.19. The standard InChI is InChI=1S/C9H10ClNO.ClH/c10-7-2-1-6-3-8(12)5-11-9(6)4-7;/h1-2,4,8,11-12H,3,5H2;1H. The van der Waals surface area contributed by atoms with Crippen LogP contribution in [0.25, 0.3) is 0 Å². The van der Waals surface area contributed by atoms with E-state index in [4.69, 9.17) is 11.6 Å². The molecule has 1 unspecified atom stereocenters. The predicted molar refractivity (Wildman–Crippen MR) is 56.9 cm³/mol. The van der Waals surface area contributed by atoms with Gasteiger partial charge in [0.1, 0.15) is 0 Å². The molecule has 2 rings (SSSR count). The Bertz CT molecular complexity index is 304. The molecule has 1 aliphatic heterocycles. The summed E-state index contributed by atoms with van der Waals surface area (Å²) in [4.78, 5) is 0. The molecule has 0 spiro atoms. The molecule has 1 aromatic carbocycles. The van der Waals surface area contributed by atoms with Crippen molar-refractivity contribution >= 4 is 29.7 Å². The molecule has 0 aliphatic carbocycles. The molecule has 72 valence electrons. The van der Waals surface area contributed by atoms with Crippen molar-refractivity contribution in [3.8, 4) is 0 Å². The number of nitrogens with one attached hydrogen (secondary N) is 1. The summed E-state index contributed by atoms with van der Waals surface area (Å²) in [6.07, 6.45) is 0.457. The predicted octanol–water partition coefficient (Wildman–Crippen LogP) is 2.09. The molecule has 0 saturated carbocycles. The topological polar surface area (TPSA) is 32.3 Å². The summed E-state index contributed by atoms with van der Waals surface area (Å²) in [6.45, 7) is 0.618. The Balaban J connectivity index is 0.000000845. The van der Waals surface area contributed by atoms with Crippen LogP contribution >= 0.6 is 24.0 Å². The molecule has 0 fully saturated rings. The second-order valence-electron chi connectivity index (χ2n) is 3.04. The molecular weight excluding hydrogens is 209 g/mol. The fourth-order valence-corrected chi connectivity index (χ4v) is 1.62. The van der Waals surface area contributed by atoms with Crippen molar-refractivity contribution in [2.75, 3.05) is 11.9 Å². The lowest BCUT2D eigenvalue weighted by Crippen LogP contribution is -2.27. The maximum Gasteiger partial charge on any atom is 0.0753 e. The molecule has 0 bridgehead atoms. The van der Waals surface area contributed by atoms with Crippen molar-refractivity contribution in [2.24, 2.45) is 0 Å². The number of hydrogen-bond acceptors (Lipinski definition) is 2. The molecule has 0 radical (unpaired) electrons. The number of hydrogen-bond donors (Lipinski definition) is 2. The van der Waals surface area contributed by atoms with Crippen molar-refractivity contribution in [3.63, 3.8) is 0 Å². The highest BCUT2D eigenvalue weighted by molar-refractivity contribution is 6.30. The van der Waals surface area contributed by atoms with Gasteiger partial charge >= 0.3 is 0 Å². The van der Waals surface area contributed by atoms with Gasteiger partial charge in [0.15, 0.2) is 0 Å². The maximum atomic E-state index is 9.33. The number of rotatable bonds is 0. The Morgan fingerprint density at radius 1 is 1.46 bits per heavy atom. The second kappa shape index (κ2) is 4.18. The van der Waals surface area contributed by atoms with Gasteiger partial charge in [-0.2, -0.15) is 0 Å². The fraction of sp³-hybridized carbons (Fsp3) is 0.333. The maximum absolute atomic E-state index is 9.33. The minimum atomic E-state index is -0.265. The molecule has 2 N–H and O–H groups in total. The molecule has 0 amide bonds. The van der Waals surface area contributed by atoms with Gasteiger partial charge in [-0.25, -0.2) is 0 Å². The van der Waals surface area contributed by atoms with Crippen LogP contribution < -0.4 is 5.32 Å². The van der Waals surface area contributed by atoms with Crippen LogP contribution in [0.2, 0.25) is 5.02 Å². The lowest BCUT2D eigenvalue weighted by atomic mass is 10.0. The van der Waals surface area contributed by atoms with E-state index in [0.717, 1.165) is 22.7 Å². The summed E-state index contributed by atoms with van der Waals surface area (Å²) >= 11 is 5.81. The lowest BCUT2D eigenvalue weighted by Gasteiger charge is -2.22. The third kappa shape index (κ3) is 2.27.